The van der Waals surface area contributed by atoms with Crippen LogP contribution >= 0.6 is 22.9 Å². The minimum Gasteiger partial charge on any atom is -0.326 e. The Balaban J connectivity index is 1.58. The Morgan fingerprint density at radius 1 is 0.935 bits per heavy atom. The lowest BCUT2D eigenvalue weighted by Crippen LogP contribution is -2.19. The molecule has 1 N–H and O–H groups in total. The third-order valence-corrected chi connectivity index (χ3v) is 6.80. The number of carbonyl (C=O) groups excluding carboxylic acids is 1. The molecule has 4 aromatic rings. The van der Waals surface area contributed by atoms with Crippen LogP contribution in [0.25, 0.3) is 20.2 Å². The first-order valence-electron chi connectivity index (χ1n) is 10.4. The normalized spacial score (nSPS) is 12.4. The molecule has 0 aliphatic heterocycles. The highest BCUT2D eigenvalue weighted by atomic mass is 35.5. The topological polar surface area (TPSA) is 46.2 Å². The van der Waals surface area contributed by atoms with Gasteiger partial charge in [-0.15, -0.1) is 11.3 Å². The molecule has 0 aliphatic carbocycles. The van der Waals surface area contributed by atoms with Crippen molar-refractivity contribution in [1.82, 2.24) is 0 Å². The zero-order chi connectivity index (χ0) is 22.1. The van der Waals surface area contributed by atoms with Crippen LogP contribution in [0.2, 0.25) is 5.02 Å². The van der Waals surface area contributed by atoms with Crippen molar-refractivity contribution in [1.29, 1.82) is 0 Å². The summed E-state index contributed by atoms with van der Waals surface area (Å²) in [6.45, 7) is 6.28. The van der Waals surface area contributed by atoms with Crippen molar-refractivity contribution in [2.24, 2.45) is 5.92 Å². The maximum absolute atomic E-state index is 13.0. The second-order valence-corrected chi connectivity index (χ2v) is 9.85. The molecule has 1 atom stereocenters. The maximum Gasteiger partial charge on any atom is 0.231 e. The second kappa shape index (κ2) is 8.81. The van der Waals surface area contributed by atoms with Crippen LogP contribution < -0.4 is 10.7 Å². The van der Waals surface area contributed by atoms with E-state index in [9.17, 15) is 9.59 Å². The van der Waals surface area contributed by atoms with Gasteiger partial charge in [0.15, 0.2) is 5.43 Å². The summed E-state index contributed by atoms with van der Waals surface area (Å²) >= 11 is 7.62. The lowest BCUT2D eigenvalue weighted by atomic mass is 9.96. The molecule has 3 aromatic carbocycles. The van der Waals surface area contributed by atoms with Crippen molar-refractivity contribution in [3.63, 3.8) is 0 Å². The third kappa shape index (κ3) is 4.65. The first kappa shape index (κ1) is 21.5. The molecule has 0 saturated heterocycles. The fraction of sp³-hybridized carbons (Fsp3) is 0.231. The van der Waals surface area contributed by atoms with Gasteiger partial charge in [-0.05, 0) is 66.8 Å². The SMILES string of the molecule is CC(C)Cc1ccc([C@@H](C)C(=O)Nc2ccc3sc4ccc(Cl)cc4c(=O)c3c2)cc1. The van der Waals surface area contributed by atoms with Crippen LogP contribution in [-0.2, 0) is 11.2 Å². The average Bonchev–Trinajstić information content (AvgIpc) is 2.74. The zero-order valence-electron chi connectivity index (χ0n) is 17.7. The Hall–Kier alpha value is -2.69. The first-order chi connectivity index (χ1) is 14.8. The Morgan fingerprint density at radius 2 is 1.58 bits per heavy atom. The fourth-order valence-electron chi connectivity index (χ4n) is 3.72. The van der Waals surface area contributed by atoms with Gasteiger partial charge < -0.3 is 5.32 Å². The number of amides is 1. The van der Waals surface area contributed by atoms with Crippen LogP contribution in [0.15, 0.2) is 65.5 Å². The van der Waals surface area contributed by atoms with Crippen molar-refractivity contribution < 1.29 is 4.79 Å². The summed E-state index contributed by atoms with van der Waals surface area (Å²) < 4.78 is 1.78. The molecule has 31 heavy (non-hydrogen) atoms. The molecule has 0 bridgehead atoms. The molecule has 0 unspecified atom stereocenters. The van der Waals surface area contributed by atoms with Crippen molar-refractivity contribution in [2.75, 3.05) is 5.32 Å². The molecule has 1 aromatic heterocycles. The molecule has 1 heterocycles. The van der Waals surface area contributed by atoms with Gasteiger partial charge in [0.25, 0.3) is 0 Å². The Kier molecular flexibility index (Phi) is 6.12. The van der Waals surface area contributed by atoms with Crippen LogP contribution in [0.5, 0.6) is 0 Å². The van der Waals surface area contributed by atoms with Gasteiger partial charge in [-0.2, -0.15) is 0 Å². The molecular formula is C26H24ClNO2S. The zero-order valence-corrected chi connectivity index (χ0v) is 19.3. The number of hydrogen-bond acceptors (Lipinski definition) is 3. The largest absolute Gasteiger partial charge is 0.326 e. The number of fused-ring (bicyclic) bond motifs is 2. The summed E-state index contributed by atoms with van der Waals surface area (Å²) in [5.41, 5.74) is 2.79. The summed E-state index contributed by atoms with van der Waals surface area (Å²) in [6, 6.07) is 19.1. The smallest absolute Gasteiger partial charge is 0.231 e. The Morgan fingerprint density at radius 3 is 2.26 bits per heavy atom. The summed E-state index contributed by atoms with van der Waals surface area (Å²) in [4.78, 5) is 25.8. The molecule has 1 amide bonds. The van der Waals surface area contributed by atoms with E-state index in [1.54, 1.807) is 18.2 Å². The highest BCUT2D eigenvalue weighted by Gasteiger charge is 2.16. The van der Waals surface area contributed by atoms with Gasteiger partial charge in [0.05, 0.1) is 5.92 Å². The first-order valence-corrected chi connectivity index (χ1v) is 11.6. The van der Waals surface area contributed by atoms with Crippen molar-refractivity contribution in [2.45, 2.75) is 33.1 Å². The van der Waals surface area contributed by atoms with Gasteiger partial charge in [-0.3, -0.25) is 9.59 Å². The van der Waals surface area contributed by atoms with Crippen LogP contribution in [0, 0.1) is 5.92 Å². The number of halogens is 1. The summed E-state index contributed by atoms with van der Waals surface area (Å²) in [6.07, 6.45) is 1.02. The van der Waals surface area contributed by atoms with E-state index in [0.29, 0.717) is 27.4 Å². The van der Waals surface area contributed by atoms with E-state index < -0.39 is 0 Å². The van der Waals surface area contributed by atoms with E-state index >= 15 is 0 Å². The van der Waals surface area contributed by atoms with E-state index in [0.717, 1.165) is 21.4 Å². The highest BCUT2D eigenvalue weighted by Crippen LogP contribution is 2.29. The monoisotopic (exact) mass is 449 g/mol. The minimum absolute atomic E-state index is 0.0730. The van der Waals surface area contributed by atoms with Crippen molar-refractivity contribution in [3.05, 3.63) is 87.0 Å². The lowest BCUT2D eigenvalue weighted by Gasteiger charge is -2.14. The molecule has 3 nitrogen and oxygen atoms in total. The second-order valence-electron chi connectivity index (χ2n) is 8.33. The number of hydrogen-bond donors (Lipinski definition) is 1. The Bertz CT molecular complexity index is 1330. The molecule has 4 rings (SSSR count). The molecule has 0 radical (unpaired) electrons. The minimum atomic E-state index is -0.297. The fourth-order valence-corrected chi connectivity index (χ4v) is 4.93. The van der Waals surface area contributed by atoms with Crippen LogP contribution in [0.3, 0.4) is 0 Å². The number of benzene rings is 3. The summed E-state index contributed by atoms with van der Waals surface area (Å²) in [5, 5.41) is 4.69. The molecule has 5 heteroatoms. The molecule has 0 spiro atoms. The molecule has 0 saturated carbocycles. The van der Waals surface area contributed by atoms with Gasteiger partial charge in [-0.25, -0.2) is 0 Å². The maximum atomic E-state index is 13.0. The summed E-state index contributed by atoms with van der Waals surface area (Å²) in [5.74, 6) is 0.198. The third-order valence-electron chi connectivity index (χ3n) is 5.41. The van der Waals surface area contributed by atoms with Gasteiger partial charge >= 0.3 is 0 Å². The molecule has 158 valence electrons. The van der Waals surface area contributed by atoms with Gasteiger partial charge in [0.1, 0.15) is 0 Å². The van der Waals surface area contributed by atoms with E-state index in [-0.39, 0.29) is 17.3 Å². The number of carbonyl (C=O) groups is 1. The highest BCUT2D eigenvalue weighted by molar-refractivity contribution is 7.24. The van der Waals surface area contributed by atoms with Crippen LogP contribution in [0.4, 0.5) is 5.69 Å². The lowest BCUT2D eigenvalue weighted by molar-refractivity contribution is -0.117. The number of anilines is 1. The van der Waals surface area contributed by atoms with Gasteiger partial charge in [-0.1, -0.05) is 49.7 Å². The summed E-state index contributed by atoms with van der Waals surface area (Å²) in [7, 11) is 0. The number of rotatable bonds is 5. The molecule has 0 fully saturated rings. The number of nitrogens with one attached hydrogen (secondary N) is 1. The average molecular weight is 450 g/mol. The van der Waals surface area contributed by atoms with E-state index in [1.807, 2.05) is 37.3 Å². The van der Waals surface area contributed by atoms with Gasteiger partial charge in [0, 0.05) is 30.9 Å². The quantitative estimate of drug-likeness (QED) is 0.333. The van der Waals surface area contributed by atoms with Crippen molar-refractivity contribution >= 4 is 54.7 Å². The standard InChI is InChI=1S/C26H24ClNO2S/c1-15(2)12-17-4-6-18(7-5-17)16(3)26(30)28-20-9-11-24-22(14-20)25(29)21-13-19(27)8-10-23(21)31-24/h4-11,13-16H,12H2,1-3H3,(H,28,30)/t16-/m1/s1. The predicted octanol–water partition coefficient (Wildman–Crippen LogP) is 7.01. The van der Waals surface area contributed by atoms with Crippen molar-refractivity contribution in [3.8, 4) is 0 Å². The van der Waals surface area contributed by atoms with Crippen LogP contribution in [-0.4, -0.2) is 5.91 Å². The van der Waals surface area contributed by atoms with E-state index in [4.69, 9.17) is 11.6 Å². The van der Waals surface area contributed by atoms with Crippen LogP contribution in [0.1, 0.15) is 37.8 Å². The predicted molar refractivity (Wildman–Crippen MR) is 133 cm³/mol. The van der Waals surface area contributed by atoms with Gasteiger partial charge in [0.2, 0.25) is 5.91 Å². The molecule has 0 aliphatic rings. The van der Waals surface area contributed by atoms with E-state index in [1.165, 1.54) is 16.9 Å². The van der Waals surface area contributed by atoms with E-state index in [2.05, 4.69) is 31.3 Å². The molecular weight excluding hydrogens is 426 g/mol. The Labute approximate surface area is 190 Å².